The summed E-state index contributed by atoms with van der Waals surface area (Å²) in [6, 6.07) is 0. The van der Waals surface area contributed by atoms with Crippen LogP contribution < -0.4 is 0 Å². The Labute approximate surface area is 123 Å². The van der Waals surface area contributed by atoms with Crippen molar-refractivity contribution in [2.45, 2.75) is 60.8 Å². The Morgan fingerprint density at radius 3 is 1.80 bits per heavy atom. The molecule has 1 radical (unpaired) electrons. The van der Waals surface area contributed by atoms with Crippen molar-refractivity contribution in [1.82, 2.24) is 0 Å². The van der Waals surface area contributed by atoms with Crippen LogP contribution in [0.15, 0.2) is 0 Å². The van der Waals surface area contributed by atoms with Gasteiger partial charge in [-0.3, -0.25) is 0 Å². The van der Waals surface area contributed by atoms with Gasteiger partial charge in [-0.05, 0) is 5.41 Å². The molecule has 0 fully saturated rings. The smallest absolute Gasteiger partial charge is 0 e. The number of hydrogen-bond acceptors (Lipinski definition) is 0. The van der Waals surface area contributed by atoms with E-state index in [-0.39, 0.29) is 32.7 Å². The Hall–Kier alpha value is 1.10. The van der Waals surface area contributed by atoms with Crippen LogP contribution in [0, 0.1) is 30.1 Å². The molecule has 89 valence electrons. The van der Waals surface area contributed by atoms with Crippen molar-refractivity contribution in [3.05, 3.63) is 13.3 Å². The van der Waals surface area contributed by atoms with E-state index >= 15 is 0 Å². The minimum atomic E-state index is 0. The molecule has 1 heteroatoms. The van der Waals surface area contributed by atoms with Crippen LogP contribution >= 0.6 is 0 Å². The van der Waals surface area contributed by atoms with E-state index in [1.807, 2.05) is 0 Å². The molecule has 0 aromatic rings. The molecule has 15 heavy (non-hydrogen) atoms. The average molecular weight is 285 g/mol. The van der Waals surface area contributed by atoms with E-state index in [9.17, 15) is 0 Å². The molecule has 0 N–H and O–H groups in total. The summed E-state index contributed by atoms with van der Waals surface area (Å²) in [5.41, 5.74) is 0.775. The van der Waals surface area contributed by atoms with Crippen LogP contribution in [-0.2, 0) is 32.7 Å². The van der Waals surface area contributed by atoms with E-state index in [2.05, 4.69) is 54.9 Å². The molecule has 0 aromatic carbocycles. The minimum absolute atomic E-state index is 0. The molecule has 0 saturated carbocycles. The van der Waals surface area contributed by atoms with E-state index in [0.717, 1.165) is 12.3 Å². The van der Waals surface area contributed by atoms with Crippen molar-refractivity contribution >= 4 is 0 Å². The monoisotopic (exact) mass is 285 g/mol. The second-order valence-electron chi connectivity index (χ2n) is 6.50. The first-order valence-electron chi connectivity index (χ1n) is 5.80. The van der Waals surface area contributed by atoms with Gasteiger partial charge in [0.1, 0.15) is 0 Å². The molecule has 0 rings (SSSR count). The summed E-state index contributed by atoms with van der Waals surface area (Å²) in [5, 5.41) is 0. The summed E-state index contributed by atoms with van der Waals surface area (Å²) in [4.78, 5) is 0. The fourth-order valence-electron chi connectivity index (χ4n) is 1.73. The maximum Gasteiger partial charge on any atom is 0 e. The average Bonchev–Trinajstić information content (AvgIpc) is 1.93. The van der Waals surface area contributed by atoms with Crippen LogP contribution in [0.1, 0.15) is 60.8 Å². The van der Waals surface area contributed by atoms with Crippen molar-refractivity contribution in [3.8, 4) is 0 Å². The molecule has 0 nitrogen and oxygen atoms in total. The SMILES string of the molecule is [CH2-]CC(CC[CH-]C(C)(C)C)C(C)(C)C.[Y]. The van der Waals surface area contributed by atoms with Gasteiger partial charge in [0, 0.05) is 32.7 Å². The maximum atomic E-state index is 4.05. The molecule has 1 unspecified atom stereocenters. The molecular formula is C14H28Y-2. The second-order valence-corrected chi connectivity index (χ2v) is 6.50. The fraction of sp³-hybridized carbons (Fsp3) is 0.857. The maximum absolute atomic E-state index is 4.05. The van der Waals surface area contributed by atoms with Gasteiger partial charge in [0.15, 0.2) is 0 Å². The summed E-state index contributed by atoms with van der Waals surface area (Å²) in [5.74, 6) is 0.751. The van der Waals surface area contributed by atoms with Crippen molar-refractivity contribution in [2.75, 3.05) is 0 Å². The molecule has 0 heterocycles. The predicted molar refractivity (Wildman–Crippen MR) is 65.9 cm³/mol. The third-order valence-corrected chi connectivity index (χ3v) is 2.85. The van der Waals surface area contributed by atoms with Gasteiger partial charge >= 0.3 is 0 Å². The van der Waals surface area contributed by atoms with Crippen molar-refractivity contribution < 1.29 is 32.7 Å². The van der Waals surface area contributed by atoms with E-state index in [4.69, 9.17) is 0 Å². The zero-order chi connectivity index (χ0) is 11.4. The van der Waals surface area contributed by atoms with E-state index < -0.39 is 0 Å². The predicted octanol–water partition coefficient (Wildman–Crippen LogP) is 4.90. The Bertz CT molecular complexity index is 148. The number of hydrogen-bond donors (Lipinski definition) is 0. The van der Waals surface area contributed by atoms with Crippen molar-refractivity contribution in [1.29, 1.82) is 0 Å². The van der Waals surface area contributed by atoms with Crippen LogP contribution in [-0.4, -0.2) is 0 Å². The van der Waals surface area contributed by atoms with Crippen LogP contribution in [0.5, 0.6) is 0 Å². The van der Waals surface area contributed by atoms with Gasteiger partial charge in [0.25, 0.3) is 0 Å². The Kier molecular flexibility index (Phi) is 9.15. The van der Waals surface area contributed by atoms with E-state index in [1.54, 1.807) is 0 Å². The molecule has 0 aliphatic heterocycles. The van der Waals surface area contributed by atoms with Gasteiger partial charge in [0.05, 0.1) is 0 Å². The van der Waals surface area contributed by atoms with E-state index in [0.29, 0.717) is 10.8 Å². The van der Waals surface area contributed by atoms with Gasteiger partial charge < -0.3 is 13.3 Å². The van der Waals surface area contributed by atoms with Crippen LogP contribution in [0.4, 0.5) is 0 Å². The summed E-state index contributed by atoms with van der Waals surface area (Å²) in [6.07, 6.45) is 5.99. The van der Waals surface area contributed by atoms with Crippen molar-refractivity contribution in [3.63, 3.8) is 0 Å². The quantitative estimate of drug-likeness (QED) is 0.644. The molecule has 0 bridgehead atoms. The molecular weight excluding hydrogens is 257 g/mol. The van der Waals surface area contributed by atoms with Crippen molar-refractivity contribution in [2.24, 2.45) is 16.7 Å². The van der Waals surface area contributed by atoms with Gasteiger partial charge in [0.2, 0.25) is 0 Å². The normalized spacial score (nSPS) is 14.6. The summed E-state index contributed by atoms with van der Waals surface area (Å²) in [6.45, 7) is 17.8. The minimum Gasteiger partial charge on any atom is -0.343 e. The summed E-state index contributed by atoms with van der Waals surface area (Å²) < 4.78 is 0. The standard InChI is InChI=1S/C14H28.Y/c1-8-12(14(5,6)7)10-9-11-13(2,3)4;/h11-12H,1,8-10H2,2-7H3;/q-2;. The van der Waals surface area contributed by atoms with Crippen LogP contribution in [0.3, 0.4) is 0 Å². The topological polar surface area (TPSA) is 0 Å². The molecule has 0 spiro atoms. The Morgan fingerprint density at radius 2 is 1.53 bits per heavy atom. The molecule has 0 aliphatic carbocycles. The molecule has 0 aromatic heterocycles. The van der Waals surface area contributed by atoms with Crippen LogP contribution in [0.25, 0.3) is 0 Å². The van der Waals surface area contributed by atoms with Gasteiger partial charge in [-0.2, -0.15) is 18.3 Å². The van der Waals surface area contributed by atoms with Gasteiger partial charge in [-0.15, -0.1) is 0 Å². The first kappa shape index (κ1) is 18.5. The second kappa shape index (κ2) is 7.43. The molecule has 0 amide bonds. The zero-order valence-electron chi connectivity index (χ0n) is 11.6. The molecule has 0 saturated heterocycles. The number of rotatable bonds is 4. The first-order valence-corrected chi connectivity index (χ1v) is 5.80. The Morgan fingerprint density at radius 1 is 1.07 bits per heavy atom. The summed E-state index contributed by atoms with van der Waals surface area (Å²) in [7, 11) is 0. The molecule has 0 aliphatic rings. The van der Waals surface area contributed by atoms with Gasteiger partial charge in [-0.25, -0.2) is 0 Å². The van der Waals surface area contributed by atoms with Crippen LogP contribution in [0.2, 0.25) is 0 Å². The molecule has 1 atom stereocenters. The third-order valence-electron chi connectivity index (χ3n) is 2.85. The largest absolute Gasteiger partial charge is 0.343 e. The Balaban J connectivity index is 0. The third kappa shape index (κ3) is 10.0. The zero-order valence-corrected chi connectivity index (χ0v) is 14.4. The van der Waals surface area contributed by atoms with E-state index in [1.165, 1.54) is 12.8 Å². The first-order chi connectivity index (χ1) is 6.17. The fourth-order valence-corrected chi connectivity index (χ4v) is 1.73. The van der Waals surface area contributed by atoms with Gasteiger partial charge in [-0.1, -0.05) is 53.9 Å². The summed E-state index contributed by atoms with van der Waals surface area (Å²) >= 11 is 0.